The van der Waals surface area contributed by atoms with Crippen molar-refractivity contribution in [3.63, 3.8) is 0 Å². The van der Waals surface area contributed by atoms with Crippen molar-refractivity contribution < 1.29 is 27.7 Å². The molecule has 1 aliphatic heterocycles. The number of esters is 1. The number of aromatic amines is 1. The lowest BCUT2D eigenvalue weighted by Gasteiger charge is -2.26. The zero-order valence-corrected chi connectivity index (χ0v) is 15.0. The highest BCUT2D eigenvalue weighted by Gasteiger charge is 2.33. The first-order valence-corrected chi connectivity index (χ1v) is 8.86. The Bertz CT molecular complexity index is 850. The number of benzene rings is 1. The van der Waals surface area contributed by atoms with Crippen LogP contribution in [0.3, 0.4) is 0 Å². The molecule has 0 atom stereocenters. The van der Waals surface area contributed by atoms with Gasteiger partial charge in [0.25, 0.3) is 5.82 Å². The van der Waals surface area contributed by atoms with Gasteiger partial charge in [0.1, 0.15) is 12.8 Å². The van der Waals surface area contributed by atoms with E-state index in [-0.39, 0.29) is 18.5 Å². The molecule has 8 heteroatoms. The summed E-state index contributed by atoms with van der Waals surface area (Å²) in [4.78, 5) is 16.9. The van der Waals surface area contributed by atoms with Gasteiger partial charge in [0.05, 0.1) is 36.2 Å². The minimum Gasteiger partial charge on any atom is -0.461 e. The summed E-state index contributed by atoms with van der Waals surface area (Å²) >= 11 is 0. The van der Waals surface area contributed by atoms with E-state index in [4.69, 9.17) is 10.00 Å². The SMILES string of the molecule is N#Cc1ccc(COC(=O)C2CCN(c3ccc(C(F)(F)F)c[nH+]3)CC2)cc1. The quantitative estimate of drug-likeness (QED) is 0.751. The molecule has 1 N–H and O–H groups in total. The summed E-state index contributed by atoms with van der Waals surface area (Å²) in [7, 11) is 0. The van der Waals surface area contributed by atoms with E-state index in [0.717, 1.165) is 17.8 Å². The predicted octanol–water partition coefficient (Wildman–Crippen LogP) is 3.35. The van der Waals surface area contributed by atoms with Crippen molar-refractivity contribution in [3.8, 4) is 6.07 Å². The van der Waals surface area contributed by atoms with Gasteiger partial charge in [-0.2, -0.15) is 18.4 Å². The van der Waals surface area contributed by atoms with Crippen LogP contribution < -0.4 is 9.88 Å². The van der Waals surface area contributed by atoms with Crippen molar-refractivity contribution in [2.45, 2.75) is 25.6 Å². The number of alkyl halides is 3. The number of pyridine rings is 1. The number of nitrogens with one attached hydrogen (secondary N) is 1. The van der Waals surface area contributed by atoms with Gasteiger partial charge in [-0.3, -0.25) is 9.69 Å². The van der Waals surface area contributed by atoms with E-state index in [1.165, 1.54) is 6.07 Å². The molecule has 1 aromatic carbocycles. The third-order valence-corrected chi connectivity index (χ3v) is 4.76. The molecule has 0 bridgehead atoms. The fourth-order valence-electron chi connectivity index (χ4n) is 3.09. The molecule has 1 saturated heterocycles. The third kappa shape index (κ3) is 4.80. The second kappa shape index (κ2) is 8.30. The summed E-state index contributed by atoms with van der Waals surface area (Å²) in [5, 5.41) is 8.78. The number of ether oxygens (including phenoxy) is 1. The highest BCUT2D eigenvalue weighted by Crippen LogP contribution is 2.29. The molecule has 0 unspecified atom stereocenters. The van der Waals surface area contributed by atoms with Crippen LogP contribution in [0.1, 0.15) is 29.5 Å². The Labute approximate surface area is 160 Å². The predicted molar refractivity (Wildman–Crippen MR) is 93.9 cm³/mol. The van der Waals surface area contributed by atoms with E-state index in [9.17, 15) is 18.0 Å². The van der Waals surface area contributed by atoms with E-state index in [2.05, 4.69) is 4.98 Å². The van der Waals surface area contributed by atoms with Crippen molar-refractivity contribution in [2.75, 3.05) is 18.0 Å². The van der Waals surface area contributed by atoms with Gasteiger partial charge in [-0.15, -0.1) is 0 Å². The highest BCUT2D eigenvalue weighted by atomic mass is 19.4. The first kappa shape index (κ1) is 19.7. The number of aromatic nitrogens is 1. The van der Waals surface area contributed by atoms with E-state index in [1.807, 2.05) is 11.0 Å². The molecule has 2 aromatic rings. The second-order valence-corrected chi connectivity index (χ2v) is 6.64. The van der Waals surface area contributed by atoms with Crippen LogP contribution in [0.2, 0.25) is 0 Å². The van der Waals surface area contributed by atoms with Crippen LogP contribution in [0.25, 0.3) is 0 Å². The number of H-pyrrole nitrogens is 1. The number of carbonyl (C=O) groups is 1. The number of hydrogen-bond donors (Lipinski definition) is 0. The number of nitrogens with zero attached hydrogens (tertiary/aromatic N) is 2. The van der Waals surface area contributed by atoms with E-state index in [1.54, 1.807) is 24.3 Å². The minimum atomic E-state index is -4.37. The molecule has 5 nitrogen and oxygen atoms in total. The maximum Gasteiger partial charge on any atom is 0.419 e. The Kier molecular flexibility index (Phi) is 5.83. The lowest BCUT2D eigenvalue weighted by atomic mass is 9.97. The van der Waals surface area contributed by atoms with Crippen LogP contribution in [-0.4, -0.2) is 19.1 Å². The number of piperidine rings is 1. The van der Waals surface area contributed by atoms with Gasteiger partial charge in [0, 0.05) is 6.07 Å². The summed E-state index contributed by atoms with van der Waals surface area (Å²) in [6.45, 7) is 1.26. The van der Waals surface area contributed by atoms with Crippen LogP contribution in [0.5, 0.6) is 0 Å². The fourth-order valence-corrected chi connectivity index (χ4v) is 3.09. The molecule has 3 rings (SSSR count). The Morgan fingerprint density at radius 2 is 1.86 bits per heavy atom. The summed E-state index contributed by atoms with van der Waals surface area (Å²) in [5.41, 5.74) is 0.629. The average Bonchev–Trinajstić information content (AvgIpc) is 2.72. The maximum absolute atomic E-state index is 12.6. The van der Waals surface area contributed by atoms with E-state index < -0.39 is 11.7 Å². The minimum absolute atomic E-state index is 0.150. The molecule has 1 aromatic heterocycles. The van der Waals surface area contributed by atoms with Crippen LogP contribution >= 0.6 is 0 Å². The van der Waals surface area contributed by atoms with Gasteiger partial charge >= 0.3 is 12.1 Å². The summed E-state index contributed by atoms with van der Waals surface area (Å²) in [6, 6.07) is 11.3. The number of hydrogen-bond acceptors (Lipinski definition) is 4. The number of halogens is 3. The van der Waals surface area contributed by atoms with Crippen molar-refractivity contribution >= 4 is 11.8 Å². The molecule has 0 spiro atoms. The van der Waals surface area contributed by atoms with Gasteiger partial charge in [0.2, 0.25) is 0 Å². The van der Waals surface area contributed by atoms with Crippen molar-refractivity contribution in [1.29, 1.82) is 5.26 Å². The molecule has 0 radical (unpaired) electrons. The highest BCUT2D eigenvalue weighted by molar-refractivity contribution is 5.72. The average molecular weight is 390 g/mol. The molecule has 0 saturated carbocycles. The molecular weight excluding hydrogens is 371 g/mol. The number of rotatable bonds is 4. The zero-order valence-electron chi connectivity index (χ0n) is 15.0. The van der Waals surface area contributed by atoms with Crippen molar-refractivity contribution in [1.82, 2.24) is 0 Å². The normalized spacial score (nSPS) is 15.1. The molecule has 0 aliphatic carbocycles. The monoisotopic (exact) mass is 390 g/mol. The van der Waals surface area contributed by atoms with Crippen LogP contribution in [-0.2, 0) is 22.3 Å². The van der Waals surface area contributed by atoms with Gasteiger partial charge in [-0.25, -0.2) is 4.98 Å². The molecule has 0 amide bonds. The molecule has 28 heavy (non-hydrogen) atoms. The fraction of sp³-hybridized carbons (Fsp3) is 0.350. The van der Waals surface area contributed by atoms with Crippen LogP contribution in [0, 0.1) is 17.2 Å². The summed E-state index contributed by atoms with van der Waals surface area (Å²) < 4.78 is 43.3. The molecule has 1 fully saturated rings. The maximum atomic E-state index is 12.6. The van der Waals surface area contributed by atoms with Crippen LogP contribution in [0.15, 0.2) is 42.6 Å². The lowest BCUT2D eigenvalue weighted by molar-refractivity contribution is -0.367. The smallest absolute Gasteiger partial charge is 0.419 e. The van der Waals surface area contributed by atoms with E-state index >= 15 is 0 Å². The van der Waals surface area contributed by atoms with Crippen molar-refractivity contribution in [2.24, 2.45) is 5.92 Å². The zero-order chi connectivity index (χ0) is 20.1. The largest absolute Gasteiger partial charge is 0.461 e. The Morgan fingerprint density at radius 1 is 1.18 bits per heavy atom. The summed E-state index contributed by atoms with van der Waals surface area (Å²) in [5.74, 6) is 0.0851. The Balaban J connectivity index is 1.49. The molecule has 1 aliphatic rings. The molecule has 146 valence electrons. The third-order valence-electron chi connectivity index (χ3n) is 4.76. The van der Waals surface area contributed by atoms with Gasteiger partial charge in [-0.1, -0.05) is 12.1 Å². The number of anilines is 1. The lowest BCUT2D eigenvalue weighted by Crippen LogP contribution is -2.39. The van der Waals surface area contributed by atoms with Gasteiger partial charge < -0.3 is 4.74 Å². The number of nitriles is 1. The molecule has 2 heterocycles. The molecular formula is C20H19F3N3O2+. The van der Waals surface area contributed by atoms with Crippen LogP contribution in [0.4, 0.5) is 19.0 Å². The van der Waals surface area contributed by atoms with Gasteiger partial charge in [-0.05, 0) is 36.6 Å². The van der Waals surface area contributed by atoms with Gasteiger partial charge in [0.15, 0.2) is 0 Å². The topological polar surface area (TPSA) is 67.5 Å². The first-order valence-electron chi connectivity index (χ1n) is 8.86. The Morgan fingerprint density at radius 3 is 2.39 bits per heavy atom. The first-order chi connectivity index (χ1) is 13.4. The number of carbonyl (C=O) groups excluding carboxylic acids is 1. The van der Waals surface area contributed by atoms with Crippen molar-refractivity contribution in [3.05, 3.63) is 59.3 Å². The summed E-state index contributed by atoms with van der Waals surface area (Å²) in [6.07, 6.45) is -2.28. The Hall–Kier alpha value is -3.08. The van der Waals surface area contributed by atoms with E-state index in [0.29, 0.717) is 37.3 Å². The second-order valence-electron chi connectivity index (χ2n) is 6.64. The standard InChI is InChI=1S/C20H18F3N3O2/c21-20(22,23)17-5-6-18(25-12-17)26-9-7-16(8-10-26)19(27)28-13-15-3-1-14(11-24)2-4-15/h1-6,12,16H,7-10,13H2/p+1.